The molecule has 2 aliphatic carbocycles. The minimum atomic E-state index is -0.880. The Labute approximate surface area is 191 Å². The van der Waals surface area contributed by atoms with Crippen molar-refractivity contribution in [3.63, 3.8) is 0 Å². The molecule has 0 atom stereocenters. The number of benzene rings is 3. The quantitative estimate of drug-likeness (QED) is 0.422. The lowest BCUT2D eigenvalue weighted by Crippen LogP contribution is -2.23. The van der Waals surface area contributed by atoms with E-state index in [2.05, 4.69) is 12.1 Å². The van der Waals surface area contributed by atoms with Crippen LogP contribution in [0.25, 0.3) is 16.7 Å². The molecule has 0 radical (unpaired) electrons. The van der Waals surface area contributed by atoms with Crippen molar-refractivity contribution in [1.29, 1.82) is 0 Å². The van der Waals surface area contributed by atoms with Crippen molar-refractivity contribution in [2.75, 3.05) is 0 Å². The highest BCUT2D eigenvalue weighted by Crippen LogP contribution is 2.40. The molecule has 3 aromatic carbocycles. The first kappa shape index (κ1) is 20.0. The maximum absolute atomic E-state index is 13.4. The number of rotatable bonds is 7. The number of carbonyl (C=O) groups is 1. The molecule has 2 fully saturated rings. The second kappa shape index (κ2) is 7.77. The average Bonchev–Trinajstić information content (AvgIpc) is 3.74. The fourth-order valence-electron chi connectivity index (χ4n) is 4.81. The Balaban J connectivity index is 1.44. The van der Waals surface area contributed by atoms with Gasteiger partial charge in [0.05, 0.1) is 22.3 Å². The van der Waals surface area contributed by atoms with Crippen LogP contribution in [0, 0.1) is 5.92 Å². The van der Waals surface area contributed by atoms with E-state index in [0.717, 1.165) is 52.8 Å². The van der Waals surface area contributed by atoms with Gasteiger partial charge in [-0.15, -0.1) is 0 Å². The standard InChI is InChI=1S/C28H26N2O3/c31-27(32)24-16-21(20-9-10-20)11-12-22(24)14-19-8-13-25-26(15-19)29(17-18-6-7-18)28(33)30(25)23-4-2-1-3-5-23/h1-5,8,11-13,15-16,18,20H,6-7,9-10,14,17H2,(H,31,32). The first-order chi connectivity index (χ1) is 16.1. The summed E-state index contributed by atoms with van der Waals surface area (Å²) in [5, 5.41) is 9.81. The van der Waals surface area contributed by atoms with Crippen LogP contribution in [0.15, 0.2) is 71.5 Å². The van der Waals surface area contributed by atoms with Gasteiger partial charge in [-0.2, -0.15) is 0 Å². The van der Waals surface area contributed by atoms with Gasteiger partial charge in [0.1, 0.15) is 0 Å². The third-order valence-electron chi connectivity index (χ3n) is 6.95. The number of carboxylic acid groups (broad SMARTS) is 1. The van der Waals surface area contributed by atoms with E-state index in [1.54, 1.807) is 4.57 Å². The Kier molecular flexibility index (Phi) is 4.72. The van der Waals surface area contributed by atoms with Crippen LogP contribution in [-0.2, 0) is 13.0 Å². The number of fused-ring (bicyclic) bond motifs is 1. The van der Waals surface area contributed by atoms with Crippen LogP contribution >= 0.6 is 0 Å². The summed E-state index contributed by atoms with van der Waals surface area (Å²) in [6, 6.07) is 21.7. The Bertz CT molecular complexity index is 1420. The summed E-state index contributed by atoms with van der Waals surface area (Å²) in [6.07, 6.45) is 5.15. The lowest BCUT2D eigenvalue weighted by Gasteiger charge is -2.10. The topological polar surface area (TPSA) is 64.2 Å². The molecule has 6 rings (SSSR count). The Morgan fingerprint density at radius 2 is 1.70 bits per heavy atom. The molecule has 0 unspecified atom stereocenters. The SMILES string of the molecule is O=C(O)c1cc(C2CC2)ccc1Cc1ccc2c(c1)n(CC1CC1)c(=O)n2-c1ccccc1. The molecule has 1 N–H and O–H groups in total. The van der Waals surface area contributed by atoms with Gasteiger partial charge in [0.15, 0.2) is 0 Å². The summed E-state index contributed by atoms with van der Waals surface area (Å²) in [5.41, 5.74) is 5.99. The van der Waals surface area contributed by atoms with E-state index in [9.17, 15) is 14.7 Å². The van der Waals surface area contributed by atoms with Crippen molar-refractivity contribution in [3.8, 4) is 5.69 Å². The number of carboxylic acids is 1. The van der Waals surface area contributed by atoms with E-state index < -0.39 is 5.97 Å². The smallest absolute Gasteiger partial charge is 0.335 e. The highest BCUT2D eigenvalue weighted by Gasteiger charge is 2.26. The molecule has 1 heterocycles. The molecule has 5 heteroatoms. The van der Waals surface area contributed by atoms with Gasteiger partial charge in [-0.1, -0.05) is 36.4 Å². The molecular formula is C28H26N2O3. The van der Waals surface area contributed by atoms with Gasteiger partial charge in [0.25, 0.3) is 0 Å². The molecule has 0 spiro atoms. The number of nitrogens with zero attached hydrogens (tertiary/aromatic N) is 2. The minimum absolute atomic E-state index is 0.0136. The first-order valence-electron chi connectivity index (χ1n) is 11.7. The van der Waals surface area contributed by atoms with Crippen LogP contribution in [-0.4, -0.2) is 20.2 Å². The molecule has 0 saturated heterocycles. The second-order valence-corrected chi connectivity index (χ2v) is 9.50. The summed E-state index contributed by atoms with van der Waals surface area (Å²) < 4.78 is 3.69. The molecule has 2 saturated carbocycles. The fraction of sp³-hybridized carbons (Fsp3) is 0.286. The summed E-state index contributed by atoms with van der Waals surface area (Å²) in [6.45, 7) is 0.731. The number of hydrogen-bond donors (Lipinski definition) is 1. The molecule has 2 aliphatic rings. The summed E-state index contributed by atoms with van der Waals surface area (Å²) in [7, 11) is 0. The third kappa shape index (κ3) is 3.78. The minimum Gasteiger partial charge on any atom is -0.478 e. The van der Waals surface area contributed by atoms with Crippen LogP contribution in [0.1, 0.15) is 58.6 Å². The van der Waals surface area contributed by atoms with E-state index in [-0.39, 0.29) is 5.69 Å². The molecule has 166 valence electrons. The fourth-order valence-corrected chi connectivity index (χ4v) is 4.81. The summed E-state index contributed by atoms with van der Waals surface area (Å²) >= 11 is 0. The lowest BCUT2D eigenvalue weighted by molar-refractivity contribution is 0.0695. The van der Waals surface area contributed by atoms with E-state index in [4.69, 9.17) is 0 Å². The van der Waals surface area contributed by atoms with Crippen LogP contribution in [0.4, 0.5) is 0 Å². The van der Waals surface area contributed by atoms with Crippen LogP contribution < -0.4 is 5.69 Å². The number of hydrogen-bond acceptors (Lipinski definition) is 2. The van der Waals surface area contributed by atoms with Gasteiger partial charge in [-0.3, -0.25) is 9.13 Å². The number of para-hydroxylation sites is 1. The van der Waals surface area contributed by atoms with Gasteiger partial charge in [-0.05, 0) is 91.0 Å². The maximum Gasteiger partial charge on any atom is 0.335 e. The van der Waals surface area contributed by atoms with E-state index >= 15 is 0 Å². The van der Waals surface area contributed by atoms with Crippen LogP contribution in [0.3, 0.4) is 0 Å². The normalized spacial score (nSPS) is 15.8. The predicted octanol–water partition coefficient (Wildman–Crippen LogP) is 5.37. The van der Waals surface area contributed by atoms with Crippen molar-refractivity contribution in [3.05, 3.63) is 99.5 Å². The highest BCUT2D eigenvalue weighted by molar-refractivity contribution is 5.90. The average molecular weight is 439 g/mol. The Morgan fingerprint density at radius 3 is 2.39 bits per heavy atom. The predicted molar refractivity (Wildman–Crippen MR) is 128 cm³/mol. The molecule has 5 nitrogen and oxygen atoms in total. The van der Waals surface area contributed by atoms with Crippen molar-refractivity contribution >= 4 is 17.0 Å². The van der Waals surface area contributed by atoms with Gasteiger partial charge in [0, 0.05) is 6.54 Å². The van der Waals surface area contributed by atoms with Crippen molar-refractivity contribution < 1.29 is 9.90 Å². The lowest BCUT2D eigenvalue weighted by atomic mass is 9.96. The molecule has 0 amide bonds. The Hall–Kier alpha value is -3.60. The van der Waals surface area contributed by atoms with Gasteiger partial charge in [0.2, 0.25) is 0 Å². The van der Waals surface area contributed by atoms with E-state index in [1.165, 1.54) is 12.8 Å². The number of aromatic carboxylic acids is 1. The molecule has 0 bridgehead atoms. The van der Waals surface area contributed by atoms with Gasteiger partial charge < -0.3 is 5.11 Å². The zero-order valence-electron chi connectivity index (χ0n) is 18.4. The zero-order chi connectivity index (χ0) is 22.5. The first-order valence-corrected chi connectivity index (χ1v) is 11.7. The van der Waals surface area contributed by atoms with Crippen molar-refractivity contribution in [2.45, 2.75) is 44.6 Å². The molecule has 4 aromatic rings. The molecule has 33 heavy (non-hydrogen) atoms. The highest BCUT2D eigenvalue weighted by atomic mass is 16.4. The largest absolute Gasteiger partial charge is 0.478 e. The van der Waals surface area contributed by atoms with E-state index in [1.807, 2.05) is 59.2 Å². The van der Waals surface area contributed by atoms with Gasteiger partial charge >= 0.3 is 11.7 Å². The number of imidazole rings is 1. The monoisotopic (exact) mass is 438 g/mol. The van der Waals surface area contributed by atoms with Crippen LogP contribution in [0.2, 0.25) is 0 Å². The molecule has 0 aliphatic heterocycles. The van der Waals surface area contributed by atoms with Gasteiger partial charge in [-0.25, -0.2) is 9.59 Å². The van der Waals surface area contributed by atoms with Crippen molar-refractivity contribution in [2.24, 2.45) is 5.92 Å². The third-order valence-corrected chi connectivity index (χ3v) is 6.95. The Morgan fingerprint density at radius 1 is 0.909 bits per heavy atom. The summed E-state index contributed by atoms with van der Waals surface area (Å²) in [5.74, 6) is 0.201. The number of aromatic nitrogens is 2. The summed E-state index contributed by atoms with van der Waals surface area (Å²) in [4.78, 5) is 25.4. The maximum atomic E-state index is 13.4. The molecule has 1 aromatic heterocycles. The van der Waals surface area contributed by atoms with Crippen LogP contribution in [0.5, 0.6) is 0 Å². The van der Waals surface area contributed by atoms with Crippen molar-refractivity contribution in [1.82, 2.24) is 9.13 Å². The second-order valence-electron chi connectivity index (χ2n) is 9.50. The zero-order valence-corrected chi connectivity index (χ0v) is 18.4. The molecular weight excluding hydrogens is 412 g/mol. The van der Waals surface area contributed by atoms with E-state index in [0.29, 0.717) is 23.8 Å².